The lowest BCUT2D eigenvalue weighted by Gasteiger charge is -2.63. The number of rotatable bonds is 18. The quantitative estimate of drug-likeness (QED) is 0.0392. The smallest absolute Gasteiger partial charge is 0.396 e. The van der Waals surface area contributed by atoms with E-state index in [2.05, 4.69) is 68.7 Å². The van der Waals surface area contributed by atoms with Gasteiger partial charge in [0, 0.05) is 35.7 Å². The molecule has 28 atom stereocenters. The average molecular weight is 1570 g/mol. The number of hydrogen-bond donors (Lipinski definition) is 5. The highest BCUT2D eigenvalue weighted by molar-refractivity contribution is 7.35. The number of aliphatic hydroxyl groups is 5. The molecule has 634 valence electrons. The minimum absolute atomic E-state index is 0. The number of hydrogen-bond acceptors (Lipinski definition) is 9. The van der Waals surface area contributed by atoms with Crippen molar-refractivity contribution in [3.63, 3.8) is 0 Å². The SMILES string of the molecule is C.C.C.COC[C@]12CC[C@](C)(O)C[C@@H]1CC[C@H]1[C@@H]3CC[C@H]([C@H](C)CCC(O)C(F)(F)F)[C@@]3(C)CC[C@@H]12.COC[C@]12CC[C@](C)(O)C[C@@H]1CC[C@H]1[C@@H]3CC[C@H]([C@H](C)CCC=O)[C@@]3(C)CC[C@@H]12.COC[C@]12CC[C@](C)(O)C[C@@H]1CC[C@H]1[C@@H]3CC[C@H]([C@H](C)CCCO)[C@@]3(C)CC[C@@H]12.CPC.C[Si](C)(C)C(F)(F)F.[2H]CC. The Morgan fingerprint density at radius 2 is 0.776 bits per heavy atom. The Morgan fingerprint density at radius 3 is 1.04 bits per heavy atom. The highest BCUT2D eigenvalue weighted by Crippen LogP contribution is 2.73. The molecule has 0 aromatic rings. The Hall–Kier alpha value is -0.423. The van der Waals surface area contributed by atoms with Gasteiger partial charge in [-0.1, -0.05) is 97.3 Å². The summed E-state index contributed by atoms with van der Waals surface area (Å²) in [6.45, 7) is 34.1. The third kappa shape index (κ3) is 21.1. The number of ether oxygens (including phenoxy) is 3. The highest BCUT2D eigenvalue weighted by Gasteiger charge is 2.67. The summed E-state index contributed by atoms with van der Waals surface area (Å²) >= 11 is 0. The fraction of sp³-hybridized carbons (Fsp3) is 0.989. The number of methoxy groups -OCH3 is 3. The summed E-state index contributed by atoms with van der Waals surface area (Å²) in [6.07, 6.45) is 30.7. The lowest BCUT2D eigenvalue weighted by molar-refractivity contribution is -0.206. The van der Waals surface area contributed by atoms with Crippen molar-refractivity contribution in [1.29, 1.82) is 0 Å². The summed E-state index contributed by atoms with van der Waals surface area (Å²) in [5.74, 6) is 8.44. The van der Waals surface area contributed by atoms with Crippen LogP contribution in [0.5, 0.6) is 0 Å². The van der Waals surface area contributed by atoms with E-state index in [0.29, 0.717) is 88.9 Å². The molecule has 0 saturated heterocycles. The third-order valence-electron chi connectivity index (χ3n) is 33.2. The fourth-order valence-electron chi connectivity index (χ4n) is 28.2. The van der Waals surface area contributed by atoms with Gasteiger partial charge < -0.3 is 44.5 Å². The maximum absolute atomic E-state index is 12.8. The van der Waals surface area contributed by atoms with Crippen LogP contribution in [0.4, 0.5) is 26.3 Å². The number of carbonyl (C=O) groups is 1. The fourth-order valence-corrected chi connectivity index (χ4v) is 28.2. The molecular weight excluding hydrogens is 1400 g/mol. The number of carbonyl (C=O) groups excluding carboxylic acids is 1. The number of fused-ring (bicyclic) bond motifs is 15. The Kier molecular flexibility index (Phi) is 36.0. The summed E-state index contributed by atoms with van der Waals surface area (Å²) < 4.78 is 97.1. The van der Waals surface area contributed by atoms with Crippen molar-refractivity contribution in [1.82, 2.24) is 0 Å². The molecule has 0 bridgehead atoms. The van der Waals surface area contributed by atoms with Crippen molar-refractivity contribution in [2.45, 2.75) is 365 Å². The maximum Gasteiger partial charge on any atom is 0.414 e. The molecule has 17 heteroatoms. The zero-order valence-electron chi connectivity index (χ0n) is 70.1. The summed E-state index contributed by atoms with van der Waals surface area (Å²) in [6, 6.07) is 0. The van der Waals surface area contributed by atoms with Crippen LogP contribution in [0.3, 0.4) is 0 Å². The first-order valence-corrected chi connectivity index (χ1v) is 47.8. The molecule has 0 aromatic carbocycles. The summed E-state index contributed by atoms with van der Waals surface area (Å²) in [5, 5.41) is 51.2. The second-order valence-electron chi connectivity index (χ2n) is 40.2. The zero-order valence-corrected chi connectivity index (χ0v) is 71.1. The van der Waals surface area contributed by atoms with Gasteiger partial charge in [-0.2, -0.15) is 26.3 Å². The monoisotopic (exact) mass is 1570 g/mol. The van der Waals surface area contributed by atoms with Gasteiger partial charge in [-0.3, -0.25) is 0 Å². The molecule has 12 aliphatic carbocycles. The van der Waals surface area contributed by atoms with Gasteiger partial charge in [-0.15, -0.1) is 8.58 Å². The number of aliphatic hydroxyl groups excluding tert-OH is 2. The van der Waals surface area contributed by atoms with Crippen LogP contribution in [-0.4, -0.2) is 136 Å². The van der Waals surface area contributed by atoms with Crippen LogP contribution in [0.25, 0.3) is 0 Å². The minimum atomic E-state index is -4.52. The standard InChI is InChI=1S/C27H45F3O3.C26H46O3.C26H44O3.C4H9F3Si.C2H7P.C2H6.3CH4/c1-17(5-10-23(31)27(28,29)30)20-8-9-21-19-7-6-18-15-24(2,32)13-14-26(18,16-33-4)22(19)11-12-25(20,21)3;2*1-18(6-5-15-27)21-9-10-22-20-8-7-19-16-24(2,28)13-14-26(19,17-29-4)23(20)11-12-25(21,22)3;1-8(2,3)4(5,6)7;1-3-2;1-2;;;/h17-23,31-32H,5-16H2,1-4H3;18-23,27-28H,5-17H2,1-4H3;15,18-23,28H,5-14,16-17H2,1-4H3;1-3H3;3H,1-2H3;1-2H3;3*1H4/t17-,18+,19+,20-,21+,22+,23?,24+,25-,26-;2*18-,19+,20+,21-,22+,23+,24+,25-,26-;;;;;;/m111....../s1/i;;;;;1D;;;. The van der Waals surface area contributed by atoms with Gasteiger partial charge in [0.2, 0.25) is 0 Å². The molecule has 12 saturated carbocycles. The first-order valence-electron chi connectivity index (χ1n) is 43.0. The summed E-state index contributed by atoms with van der Waals surface area (Å²) in [4.78, 5) is 10.9. The summed E-state index contributed by atoms with van der Waals surface area (Å²) in [5.41, 5.74) is 0.398. The average Bonchev–Trinajstić information content (AvgIpc) is 1.26. The van der Waals surface area contributed by atoms with E-state index in [1.54, 1.807) is 6.92 Å². The van der Waals surface area contributed by atoms with Crippen LogP contribution in [-0.2, 0) is 19.0 Å². The third-order valence-corrected chi connectivity index (χ3v) is 34.9. The van der Waals surface area contributed by atoms with E-state index >= 15 is 0 Å². The Bertz CT molecular complexity index is 2630. The zero-order chi connectivity index (χ0) is 78.4. The van der Waals surface area contributed by atoms with Crippen molar-refractivity contribution in [3.05, 3.63) is 0 Å². The van der Waals surface area contributed by atoms with Crippen LogP contribution in [0.1, 0.15) is 312 Å². The van der Waals surface area contributed by atoms with E-state index in [1.165, 1.54) is 122 Å². The molecule has 0 aromatic heterocycles. The molecule has 12 rings (SSSR count). The van der Waals surface area contributed by atoms with Gasteiger partial charge >= 0.3 is 12.0 Å². The van der Waals surface area contributed by atoms with Gasteiger partial charge in [0.25, 0.3) is 0 Å². The number of alkyl halides is 6. The predicted molar refractivity (Wildman–Crippen MR) is 438 cm³/mol. The molecule has 0 spiro atoms. The Balaban J connectivity index is 0.000000310. The molecule has 0 heterocycles. The van der Waals surface area contributed by atoms with Crippen molar-refractivity contribution >= 4 is 22.9 Å². The van der Waals surface area contributed by atoms with Crippen molar-refractivity contribution in [2.75, 3.05) is 61.1 Å². The van der Waals surface area contributed by atoms with Crippen molar-refractivity contribution in [2.24, 2.45) is 139 Å². The molecule has 0 radical (unpaired) electrons. The van der Waals surface area contributed by atoms with Crippen LogP contribution >= 0.6 is 8.58 Å². The van der Waals surface area contributed by atoms with Crippen LogP contribution in [0, 0.1) is 139 Å². The molecule has 0 aliphatic heterocycles. The molecule has 0 amide bonds. The van der Waals surface area contributed by atoms with E-state index < -0.39 is 43.0 Å². The van der Waals surface area contributed by atoms with Crippen LogP contribution < -0.4 is 0 Å². The van der Waals surface area contributed by atoms with Gasteiger partial charge in [0.05, 0.1) is 36.6 Å². The molecule has 5 N–H and O–H groups in total. The topological polar surface area (TPSA) is 146 Å². The normalized spacial score (nSPS) is 43.3. The first-order chi connectivity index (χ1) is 49.0. The van der Waals surface area contributed by atoms with E-state index in [-0.39, 0.29) is 45.4 Å². The van der Waals surface area contributed by atoms with Crippen molar-refractivity contribution < 1.29 is 72.3 Å². The second-order valence-corrected chi connectivity index (χ2v) is 46.2. The van der Waals surface area contributed by atoms with E-state index in [1.807, 2.05) is 28.3 Å². The van der Waals surface area contributed by atoms with Gasteiger partial charge in [0.1, 0.15) is 12.4 Å². The lowest BCUT2D eigenvalue weighted by Crippen LogP contribution is -2.58. The Morgan fingerprint density at radius 1 is 0.486 bits per heavy atom. The van der Waals surface area contributed by atoms with Crippen molar-refractivity contribution in [3.8, 4) is 0 Å². The van der Waals surface area contributed by atoms with E-state index in [4.69, 9.17) is 15.6 Å². The molecule has 107 heavy (non-hydrogen) atoms. The van der Waals surface area contributed by atoms with Gasteiger partial charge in [-0.25, -0.2) is 0 Å². The molecule has 12 fully saturated rings. The second kappa shape index (κ2) is 39.7. The van der Waals surface area contributed by atoms with Crippen LogP contribution in [0.15, 0.2) is 0 Å². The van der Waals surface area contributed by atoms with E-state index in [9.17, 15) is 56.7 Å². The number of halogens is 6. The maximum atomic E-state index is 12.8. The molecular formula is C90H169F6O9PSi. The number of aldehydes is 1. The van der Waals surface area contributed by atoms with Crippen LogP contribution in [0.2, 0.25) is 19.6 Å². The summed E-state index contributed by atoms with van der Waals surface area (Å²) in [7, 11) is 3.82. The minimum Gasteiger partial charge on any atom is -0.396 e. The lowest BCUT2D eigenvalue weighted by atomic mass is 9.43. The Labute approximate surface area is 656 Å². The molecule has 9 nitrogen and oxygen atoms in total. The van der Waals surface area contributed by atoms with E-state index in [0.717, 1.165) is 184 Å². The highest BCUT2D eigenvalue weighted by atomic mass is 31.1. The molecule has 1 unspecified atom stereocenters. The molecule has 12 aliphatic rings. The van der Waals surface area contributed by atoms with Gasteiger partial charge in [0.15, 0.2) is 8.07 Å². The largest absolute Gasteiger partial charge is 0.414 e. The van der Waals surface area contributed by atoms with Gasteiger partial charge in [-0.05, 0) is 379 Å². The predicted octanol–water partition coefficient (Wildman–Crippen LogP) is 23.7. The first kappa shape index (κ1) is 97.2.